The molecule has 0 saturated carbocycles. The van der Waals surface area contributed by atoms with Crippen LogP contribution in [0.3, 0.4) is 0 Å². The Morgan fingerprint density at radius 1 is 1.32 bits per heavy atom. The van der Waals surface area contributed by atoms with Crippen molar-refractivity contribution in [3.63, 3.8) is 0 Å². The van der Waals surface area contributed by atoms with Gasteiger partial charge in [0.1, 0.15) is 11.6 Å². The molecule has 3 nitrogen and oxygen atoms in total. The zero-order valence-corrected chi connectivity index (χ0v) is 12.0. The number of benzene rings is 1. The lowest BCUT2D eigenvalue weighted by Crippen LogP contribution is -2.22. The first-order valence-corrected chi connectivity index (χ1v) is 6.87. The molecule has 0 saturated heterocycles. The summed E-state index contributed by atoms with van der Waals surface area (Å²) >= 11 is 0. The van der Waals surface area contributed by atoms with Gasteiger partial charge in [-0.3, -0.25) is 0 Å². The van der Waals surface area contributed by atoms with Crippen LogP contribution in [0.25, 0.3) is 0 Å². The predicted octanol–water partition coefficient (Wildman–Crippen LogP) is 3.30. The fourth-order valence-corrected chi connectivity index (χ4v) is 2.13. The highest BCUT2D eigenvalue weighted by atomic mass is 19.1. The van der Waals surface area contributed by atoms with Crippen molar-refractivity contribution in [2.24, 2.45) is 0 Å². The molecule has 108 valence electrons. The highest BCUT2D eigenvalue weighted by Crippen LogP contribution is 2.28. The quantitative estimate of drug-likeness (QED) is 0.698. The van der Waals surface area contributed by atoms with E-state index in [0.717, 1.165) is 43.9 Å². The number of hydrogen-bond acceptors (Lipinski definition) is 3. The lowest BCUT2D eigenvalue weighted by Gasteiger charge is -2.20. The SMILES string of the molecule is CCNC(CCCOCC)c1cc(F)ccc1OC. The summed E-state index contributed by atoms with van der Waals surface area (Å²) in [5.41, 5.74) is 0.876. The van der Waals surface area contributed by atoms with E-state index >= 15 is 0 Å². The van der Waals surface area contributed by atoms with Crippen LogP contribution in [-0.2, 0) is 4.74 Å². The maximum Gasteiger partial charge on any atom is 0.123 e. The molecule has 1 aromatic rings. The molecular formula is C15H24FNO2. The molecule has 1 atom stereocenters. The largest absolute Gasteiger partial charge is 0.496 e. The van der Waals surface area contributed by atoms with Gasteiger partial charge >= 0.3 is 0 Å². The minimum absolute atomic E-state index is 0.0936. The number of rotatable bonds is 9. The van der Waals surface area contributed by atoms with Gasteiger partial charge < -0.3 is 14.8 Å². The van der Waals surface area contributed by atoms with Crippen molar-refractivity contribution in [1.29, 1.82) is 0 Å². The highest BCUT2D eigenvalue weighted by Gasteiger charge is 2.15. The molecule has 0 fully saturated rings. The van der Waals surface area contributed by atoms with E-state index in [1.54, 1.807) is 19.2 Å². The van der Waals surface area contributed by atoms with E-state index < -0.39 is 0 Å². The van der Waals surface area contributed by atoms with E-state index in [1.807, 2.05) is 13.8 Å². The Hall–Kier alpha value is -1.13. The molecule has 1 N–H and O–H groups in total. The normalized spacial score (nSPS) is 12.4. The Morgan fingerprint density at radius 3 is 2.74 bits per heavy atom. The molecule has 0 aromatic heterocycles. The van der Waals surface area contributed by atoms with E-state index in [4.69, 9.17) is 9.47 Å². The third-order valence-electron chi connectivity index (χ3n) is 3.00. The summed E-state index contributed by atoms with van der Waals surface area (Å²) < 4.78 is 24.1. The molecule has 0 radical (unpaired) electrons. The van der Waals surface area contributed by atoms with Gasteiger partial charge in [-0.25, -0.2) is 4.39 Å². The van der Waals surface area contributed by atoms with E-state index in [2.05, 4.69) is 5.32 Å². The fourth-order valence-electron chi connectivity index (χ4n) is 2.13. The molecule has 1 unspecified atom stereocenters. The van der Waals surface area contributed by atoms with Crippen LogP contribution >= 0.6 is 0 Å². The summed E-state index contributed by atoms with van der Waals surface area (Å²) in [6.07, 6.45) is 1.83. The second-order valence-electron chi connectivity index (χ2n) is 4.34. The van der Waals surface area contributed by atoms with Crippen molar-refractivity contribution in [1.82, 2.24) is 5.32 Å². The van der Waals surface area contributed by atoms with Gasteiger partial charge in [0.2, 0.25) is 0 Å². The highest BCUT2D eigenvalue weighted by molar-refractivity contribution is 5.36. The summed E-state index contributed by atoms with van der Waals surface area (Å²) in [4.78, 5) is 0. The minimum Gasteiger partial charge on any atom is -0.496 e. The molecule has 0 bridgehead atoms. The van der Waals surface area contributed by atoms with Gasteiger partial charge in [0.25, 0.3) is 0 Å². The van der Waals surface area contributed by atoms with Crippen LogP contribution in [0.4, 0.5) is 4.39 Å². The second kappa shape index (κ2) is 8.88. The molecule has 19 heavy (non-hydrogen) atoms. The van der Waals surface area contributed by atoms with E-state index in [0.29, 0.717) is 0 Å². The Morgan fingerprint density at radius 2 is 2.11 bits per heavy atom. The lowest BCUT2D eigenvalue weighted by molar-refractivity contribution is 0.140. The summed E-state index contributed by atoms with van der Waals surface area (Å²) in [6, 6.07) is 4.74. The summed E-state index contributed by atoms with van der Waals surface area (Å²) in [5, 5.41) is 3.38. The number of ether oxygens (including phenoxy) is 2. The third-order valence-corrected chi connectivity index (χ3v) is 3.00. The van der Waals surface area contributed by atoms with Crippen LogP contribution in [0.2, 0.25) is 0 Å². The first kappa shape index (κ1) is 15.9. The van der Waals surface area contributed by atoms with E-state index in [-0.39, 0.29) is 11.9 Å². The van der Waals surface area contributed by atoms with Gasteiger partial charge in [-0.05, 0) is 44.5 Å². The van der Waals surface area contributed by atoms with E-state index in [9.17, 15) is 4.39 Å². The Labute approximate surface area is 115 Å². The number of halogens is 1. The topological polar surface area (TPSA) is 30.5 Å². The van der Waals surface area contributed by atoms with Crippen molar-refractivity contribution < 1.29 is 13.9 Å². The second-order valence-corrected chi connectivity index (χ2v) is 4.34. The average molecular weight is 269 g/mol. The van der Waals surface area contributed by atoms with Crippen molar-refractivity contribution in [3.05, 3.63) is 29.6 Å². The lowest BCUT2D eigenvalue weighted by atomic mass is 10.0. The van der Waals surface area contributed by atoms with Crippen LogP contribution in [0.5, 0.6) is 5.75 Å². The van der Waals surface area contributed by atoms with Crippen LogP contribution in [0.1, 0.15) is 38.3 Å². The minimum atomic E-state index is -0.233. The molecule has 0 aliphatic heterocycles. The third kappa shape index (κ3) is 5.17. The van der Waals surface area contributed by atoms with Gasteiger partial charge in [-0.15, -0.1) is 0 Å². The maximum absolute atomic E-state index is 13.4. The van der Waals surface area contributed by atoms with Gasteiger partial charge in [-0.1, -0.05) is 6.92 Å². The number of nitrogens with one attached hydrogen (secondary N) is 1. The molecule has 0 aliphatic carbocycles. The molecule has 0 heterocycles. The zero-order chi connectivity index (χ0) is 14.1. The number of methoxy groups -OCH3 is 1. The van der Waals surface area contributed by atoms with Gasteiger partial charge in [0.05, 0.1) is 7.11 Å². The smallest absolute Gasteiger partial charge is 0.123 e. The average Bonchev–Trinajstić information content (AvgIpc) is 2.42. The molecule has 0 amide bonds. The fraction of sp³-hybridized carbons (Fsp3) is 0.600. The Balaban J connectivity index is 2.76. The van der Waals surface area contributed by atoms with Crippen LogP contribution in [0.15, 0.2) is 18.2 Å². The van der Waals surface area contributed by atoms with Crippen molar-refractivity contribution in [2.75, 3.05) is 26.9 Å². The molecular weight excluding hydrogens is 245 g/mol. The predicted molar refractivity (Wildman–Crippen MR) is 75.1 cm³/mol. The van der Waals surface area contributed by atoms with Gasteiger partial charge in [0.15, 0.2) is 0 Å². The number of hydrogen-bond donors (Lipinski definition) is 1. The molecule has 0 spiro atoms. The Bertz CT molecular complexity index is 371. The standard InChI is InChI=1S/C15H24FNO2/c1-4-17-14(7-6-10-19-5-2)13-11-12(16)8-9-15(13)18-3/h8-9,11,14,17H,4-7,10H2,1-3H3. The van der Waals surface area contributed by atoms with Crippen LogP contribution < -0.4 is 10.1 Å². The van der Waals surface area contributed by atoms with Crippen molar-refractivity contribution >= 4 is 0 Å². The zero-order valence-electron chi connectivity index (χ0n) is 12.0. The van der Waals surface area contributed by atoms with Crippen LogP contribution in [-0.4, -0.2) is 26.9 Å². The molecule has 0 aliphatic rings. The monoisotopic (exact) mass is 269 g/mol. The summed E-state index contributed by atoms with van der Waals surface area (Å²) in [5.74, 6) is 0.493. The van der Waals surface area contributed by atoms with Gasteiger partial charge in [0, 0.05) is 24.8 Å². The van der Waals surface area contributed by atoms with Crippen molar-refractivity contribution in [3.8, 4) is 5.75 Å². The van der Waals surface area contributed by atoms with Crippen molar-refractivity contribution in [2.45, 2.75) is 32.7 Å². The summed E-state index contributed by atoms with van der Waals surface area (Å²) in [6.45, 7) is 6.32. The molecule has 4 heteroatoms. The first-order valence-electron chi connectivity index (χ1n) is 6.87. The summed E-state index contributed by atoms with van der Waals surface area (Å²) in [7, 11) is 1.61. The first-order chi connectivity index (χ1) is 9.22. The molecule has 1 aromatic carbocycles. The van der Waals surface area contributed by atoms with Gasteiger partial charge in [-0.2, -0.15) is 0 Å². The molecule has 1 rings (SSSR count). The maximum atomic E-state index is 13.4. The van der Waals surface area contributed by atoms with E-state index in [1.165, 1.54) is 6.07 Å². The van der Waals surface area contributed by atoms with Crippen LogP contribution in [0, 0.1) is 5.82 Å². The Kier molecular flexibility index (Phi) is 7.45.